The first-order valence-corrected chi connectivity index (χ1v) is 14.9. The quantitative estimate of drug-likeness (QED) is 0.153. The van der Waals surface area contributed by atoms with Crippen LogP contribution in [-0.2, 0) is 16.8 Å². The monoisotopic (exact) mass is 751 g/mol. The van der Waals surface area contributed by atoms with Crippen molar-refractivity contribution in [2.24, 2.45) is 0 Å². The molecule has 8 bridgehead atoms. The maximum Gasteiger partial charge on any atom is 2.00 e. The minimum Gasteiger partial charge on any atom is -0.357 e. The number of non-ortho nitro benzene ring substituents is 4. The van der Waals surface area contributed by atoms with Crippen molar-refractivity contribution in [1.29, 1.82) is 0 Å². The molecule has 0 atom stereocenters. The predicted octanol–water partition coefficient (Wildman–Crippen LogP) is 5.76. The first-order valence-electron chi connectivity index (χ1n) is 14.9. The Bertz CT molecular complexity index is 3020. The number of nitro benzene ring substituents is 4. The minimum absolute atomic E-state index is 0. The molecule has 2 aliphatic rings. The molecule has 1 radical (unpaired) electrons. The van der Waals surface area contributed by atoms with Crippen LogP contribution in [0, 0.1) is 40.5 Å². The van der Waals surface area contributed by atoms with E-state index in [1.54, 1.807) is 0 Å². The van der Waals surface area contributed by atoms with Gasteiger partial charge in [0, 0.05) is 104 Å². The Kier molecular flexibility index (Phi) is 7.19. The molecular formula is C32H12CoN12O8. The van der Waals surface area contributed by atoms with Gasteiger partial charge in [-0.25, -0.2) is 9.97 Å². The molecule has 53 heavy (non-hydrogen) atoms. The minimum atomic E-state index is -0.603. The van der Waals surface area contributed by atoms with Crippen molar-refractivity contribution in [3.63, 3.8) is 0 Å². The summed E-state index contributed by atoms with van der Waals surface area (Å²) in [5.74, 6) is -0.0435. The van der Waals surface area contributed by atoms with E-state index >= 15 is 0 Å². The van der Waals surface area contributed by atoms with Gasteiger partial charge in [-0.05, 0) is 35.0 Å². The molecule has 9 rings (SSSR count). The van der Waals surface area contributed by atoms with Gasteiger partial charge in [-0.15, -0.1) is 0 Å². The SMILES string of the molecule is O=[N+]([O-])c1ccc2c(c1)-c1nc-2nc2[n-]c(nc3nc(nc4[n-]c(n1)c1ccc([N+](=O)[O-])cc41)-c1cc([N+](=O)[O-])ccc1-3)c1cc([N+](=O)[O-])ccc21.[Co+2]. The molecule has 0 saturated heterocycles. The van der Waals surface area contributed by atoms with Crippen LogP contribution in [0.15, 0.2) is 72.8 Å². The van der Waals surface area contributed by atoms with Crippen LogP contribution < -0.4 is 9.97 Å². The van der Waals surface area contributed by atoms with Gasteiger partial charge in [0.2, 0.25) is 0 Å². The average molecular weight is 751 g/mol. The summed E-state index contributed by atoms with van der Waals surface area (Å²) in [5.41, 5.74) is -0.0475. The third kappa shape index (κ3) is 5.14. The number of nitrogens with zero attached hydrogens (tertiary/aromatic N) is 12. The Morgan fingerprint density at radius 2 is 0.679 bits per heavy atom. The summed E-state index contributed by atoms with van der Waals surface area (Å²) in [6.45, 7) is 0. The largest absolute Gasteiger partial charge is 2.00 e. The molecule has 7 aromatic rings. The van der Waals surface area contributed by atoms with Gasteiger partial charge in [-0.1, -0.05) is 0 Å². The van der Waals surface area contributed by atoms with Crippen molar-refractivity contribution in [3.8, 4) is 45.6 Å². The van der Waals surface area contributed by atoms with Crippen LogP contribution in [0.3, 0.4) is 0 Å². The van der Waals surface area contributed by atoms with Gasteiger partial charge in [-0.2, -0.15) is 0 Å². The van der Waals surface area contributed by atoms with Crippen molar-refractivity contribution in [1.82, 2.24) is 39.9 Å². The van der Waals surface area contributed by atoms with E-state index in [1.165, 1.54) is 72.8 Å². The number of rotatable bonds is 4. The second kappa shape index (κ2) is 11.7. The van der Waals surface area contributed by atoms with Gasteiger partial charge in [0.1, 0.15) is 0 Å². The van der Waals surface area contributed by atoms with E-state index < -0.39 is 19.7 Å². The van der Waals surface area contributed by atoms with E-state index in [0.717, 1.165) is 0 Å². The van der Waals surface area contributed by atoms with Crippen LogP contribution in [-0.4, -0.2) is 49.6 Å². The molecule has 4 aromatic carbocycles. The Hall–Kier alpha value is -7.65. The molecular weight excluding hydrogens is 739 g/mol. The average Bonchev–Trinajstić information content (AvgIpc) is 3.85. The zero-order valence-electron chi connectivity index (χ0n) is 25.9. The van der Waals surface area contributed by atoms with Gasteiger partial charge in [0.15, 0.2) is 0 Å². The molecule has 0 fully saturated rings. The molecule has 20 nitrogen and oxygen atoms in total. The van der Waals surface area contributed by atoms with Crippen molar-refractivity contribution in [2.45, 2.75) is 0 Å². The van der Waals surface area contributed by atoms with Crippen molar-refractivity contribution in [3.05, 3.63) is 113 Å². The summed E-state index contributed by atoms with van der Waals surface area (Å²) in [4.78, 5) is 81.5. The maximum absolute atomic E-state index is 11.8. The van der Waals surface area contributed by atoms with E-state index in [9.17, 15) is 40.5 Å². The Balaban J connectivity index is 0.00000400. The smallest absolute Gasteiger partial charge is 0.357 e. The number of benzene rings is 4. The topological polar surface area (TPSA) is 278 Å². The fourth-order valence-electron chi connectivity index (χ4n) is 6.07. The summed E-state index contributed by atoms with van der Waals surface area (Å²) < 4.78 is 0. The molecule has 21 heteroatoms. The molecule has 0 amide bonds. The van der Waals surface area contributed by atoms with Gasteiger partial charge < -0.3 is 29.9 Å². The third-order valence-electron chi connectivity index (χ3n) is 8.48. The van der Waals surface area contributed by atoms with Gasteiger partial charge in [0.25, 0.3) is 22.7 Å². The van der Waals surface area contributed by atoms with Crippen molar-refractivity contribution >= 4 is 66.9 Å². The standard InChI is InChI=1S/C32H12N12O8.Co/c45-41(46)13-1-5-17-21(9-13)29-34-25(17)33-26-18-6-2-14(42(47)48)10-22(18)30(35-26)37-28-20-8-4-16(44(51)52)12-24(20)32(39-28)40-31-23-11-15(43(49)50)3-7-19(23)27(36-29)38-31;/h1-12H;/q-2;+2. The summed E-state index contributed by atoms with van der Waals surface area (Å²) in [6.07, 6.45) is 0. The van der Waals surface area contributed by atoms with Crippen LogP contribution >= 0.6 is 0 Å². The van der Waals surface area contributed by atoms with Gasteiger partial charge in [0.05, 0.1) is 43.0 Å². The Morgan fingerprint density at radius 3 is 1.04 bits per heavy atom. The summed E-state index contributed by atoms with van der Waals surface area (Å²) in [7, 11) is 0. The summed E-state index contributed by atoms with van der Waals surface area (Å²) in [6, 6.07) is 15.8. The van der Waals surface area contributed by atoms with E-state index in [2.05, 4.69) is 39.9 Å². The van der Waals surface area contributed by atoms with E-state index in [4.69, 9.17) is 0 Å². The zero-order chi connectivity index (χ0) is 36.0. The number of aromatic nitrogens is 8. The summed E-state index contributed by atoms with van der Waals surface area (Å²) in [5, 5.41) is 48.1. The zero-order valence-corrected chi connectivity index (χ0v) is 26.9. The van der Waals surface area contributed by atoms with Crippen LogP contribution in [0.5, 0.6) is 0 Å². The number of fused-ring (bicyclic) bond motifs is 20. The van der Waals surface area contributed by atoms with Gasteiger partial charge in [-0.3, -0.25) is 40.5 Å². The molecule has 0 unspecified atom stereocenters. The first-order chi connectivity index (χ1) is 25.0. The van der Waals surface area contributed by atoms with Crippen molar-refractivity contribution in [2.75, 3.05) is 0 Å². The molecule has 5 heterocycles. The normalized spacial score (nSPS) is 11.5. The van der Waals surface area contributed by atoms with Crippen LogP contribution in [0.2, 0.25) is 0 Å². The molecule has 3 aromatic heterocycles. The molecule has 257 valence electrons. The molecule has 0 spiro atoms. The van der Waals surface area contributed by atoms with Crippen LogP contribution in [0.25, 0.3) is 89.7 Å². The molecule has 2 aliphatic heterocycles. The number of hydrogen-bond acceptors (Lipinski definition) is 14. The second-order valence-corrected chi connectivity index (χ2v) is 11.4. The molecule has 0 saturated carbocycles. The first kappa shape index (κ1) is 32.5. The van der Waals surface area contributed by atoms with E-state index in [0.29, 0.717) is 21.9 Å². The summed E-state index contributed by atoms with van der Waals surface area (Å²) >= 11 is 0. The van der Waals surface area contributed by atoms with Crippen molar-refractivity contribution < 1.29 is 36.5 Å². The fraction of sp³-hybridized carbons (Fsp3) is 0. The van der Waals surface area contributed by atoms with Crippen LogP contribution in [0.4, 0.5) is 22.7 Å². The van der Waals surface area contributed by atoms with Gasteiger partial charge >= 0.3 is 16.8 Å². The van der Waals surface area contributed by atoms with E-state index in [1.807, 2.05) is 0 Å². The fourth-order valence-corrected chi connectivity index (χ4v) is 6.07. The molecule has 0 N–H and O–H groups in total. The third-order valence-corrected chi connectivity index (χ3v) is 8.48. The van der Waals surface area contributed by atoms with Crippen LogP contribution in [0.1, 0.15) is 0 Å². The van der Waals surface area contributed by atoms with E-state index in [-0.39, 0.29) is 107 Å². The number of hydrogen-bond donors (Lipinski definition) is 0. The maximum atomic E-state index is 11.8. The molecule has 0 aliphatic carbocycles. The predicted molar refractivity (Wildman–Crippen MR) is 181 cm³/mol. The second-order valence-electron chi connectivity index (χ2n) is 11.4. The Labute approximate surface area is 301 Å². The number of nitro groups is 4. The Morgan fingerprint density at radius 1 is 0.377 bits per heavy atom.